The quantitative estimate of drug-likeness (QED) is 0.778. The van der Waals surface area contributed by atoms with Crippen molar-refractivity contribution in [2.75, 3.05) is 39.2 Å². The lowest BCUT2D eigenvalue weighted by Gasteiger charge is -2.26. The number of anilines is 1. The normalized spacial score (nSPS) is 17.5. The van der Waals surface area contributed by atoms with Crippen molar-refractivity contribution in [3.05, 3.63) is 59.9 Å². The van der Waals surface area contributed by atoms with Gasteiger partial charge in [0.2, 0.25) is 11.8 Å². The van der Waals surface area contributed by atoms with E-state index in [0.717, 1.165) is 5.56 Å². The van der Waals surface area contributed by atoms with Crippen LogP contribution in [0.5, 0.6) is 5.75 Å². The van der Waals surface area contributed by atoms with E-state index in [-0.39, 0.29) is 30.1 Å². The fourth-order valence-corrected chi connectivity index (χ4v) is 3.62. The zero-order chi connectivity index (χ0) is 21.0. The number of hydrogen-bond acceptors (Lipinski definition) is 4. The summed E-state index contributed by atoms with van der Waals surface area (Å²) in [6.45, 7) is 0.631. The third-order valence-electron chi connectivity index (χ3n) is 5.20. The maximum Gasteiger partial charge on any atom is 0.227 e. The Morgan fingerprint density at radius 3 is 2.72 bits per heavy atom. The number of carbonyl (C=O) groups excluding carboxylic acids is 2. The molecule has 0 spiro atoms. The largest absolute Gasteiger partial charge is 0.495 e. The predicted molar refractivity (Wildman–Crippen MR) is 109 cm³/mol. The number of halogens is 1. The van der Waals surface area contributed by atoms with E-state index in [1.54, 1.807) is 24.1 Å². The van der Waals surface area contributed by atoms with Gasteiger partial charge in [-0.2, -0.15) is 0 Å². The average molecular weight is 399 g/mol. The standard InChI is InChI=1S/C22H26FN3O3/c1-25(2)19(15-7-6-8-17(23)11-15)13-24-22(28)16-12-21(27)26(14-16)18-9-4-5-10-20(18)29-3/h4-11,16,19H,12-14H2,1-3H3,(H,24,28)/t16-,19-/m1/s1. The van der Waals surface area contributed by atoms with Gasteiger partial charge in [-0.3, -0.25) is 9.59 Å². The molecule has 0 aliphatic carbocycles. The molecule has 2 amide bonds. The van der Waals surface area contributed by atoms with Gasteiger partial charge in [0.1, 0.15) is 11.6 Å². The third-order valence-corrected chi connectivity index (χ3v) is 5.20. The van der Waals surface area contributed by atoms with Crippen molar-refractivity contribution in [2.24, 2.45) is 5.92 Å². The number of nitrogens with one attached hydrogen (secondary N) is 1. The molecule has 0 radical (unpaired) electrons. The first kappa shape index (κ1) is 20.8. The molecular weight excluding hydrogens is 373 g/mol. The van der Waals surface area contributed by atoms with E-state index in [0.29, 0.717) is 24.5 Å². The maximum absolute atomic E-state index is 13.6. The first-order valence-electron chi connectivity index (χ1n) is 9.53. The highest BCUT2D eigenvalue weighted by Gasteiger charge is 2.36. The Labute approximate surface area is 170 Å². The summed E-state index contributed by atoms with van der Waals surface area (Å²) in [5.74, 6) is -0.444. The van der Waals surface area contributed by atoms with E-state index in [9.17, 15) is 14.0 Å². The predicted octanol–water partition coefficient (Wildman–Crippen LogP) is 2.61. The van der Waals surface area contributed by atoms with E-state index in [1.807, 2.05) is 43.3 Å². The van der Waals surface area contributed by atoms with E-state index in [2.05, 4.69) is 5.32 Å². The molecule has 0 unspecified atom stereocenters. The fraction of sp³-hybridized carbons (Fsp3) is 0.364. The van der Waals surface area contributed by atoms with Crippen LogP contribution in [0, 0.1) is 11.7 Å². The molecule has 2 aromatic rings. The highest BCUT2D eigenvalue weighted by atomic mass is 19.1. The van der Waals surface area contributed by atoms with Crippen molar-refractivity contribution >= 4 is 17.5 Å². The molecule has 0 aromatic heterocycles. The maximum atomic E-state index is 13.6. The lowest BCUT2D eigenvalue weighted by atomic mass is 10.0. The molecule has 1 aliphatic rings. The van der Waals surface area contributed by atoms with Crippen LogP contribution in [-0.2, 0) is 9.59 Å². The lowest BCUT2D eigenvalue weighted by Crippen LogP contribution is -2.38. The number of rotatable bonds is 7. The highest BCUT2D eigenvalue weighted by Crippen LogP contribution is 2.32. The molecule has 0 saturated carbocycles. The van der Waals surface area contributed by atoms with Crippen LogP contribution in [0.4, 0.5) is 10.1 Å². The van der Waals surface area contributed by atoms with Crippen molar-refractivity contribution in [3.8, 4) is 5.75 Å². The Balaban J connectivity index is 1.66. The Bertz CT molecular complexity index is 887. The Morgan fingerprint density at radius 1 is 1.28 bits per heavy atom. The molecule has 1 heterocycles. The number of carbonyl (C=O) groups is 2. The number of nitrogens with zero attached hydrogens (tertiary/aromatic N) is 2. The molecule has 1 N–H and O–H groups in total. The van der Waals surface area contributed by atoms with Gasteiger partial charge >= 0.3 is 0 Å². The summed E-state index contributed by atoms with van der Waals surface area (Å²) in [6, 6.07) is 13.5. The van der Waals surface area contributed by atoms with Crippen molar-refractivity contribution in [2.45, 2.75) is 12.5 Å². The molecule has 2 atom stereocenters. The monoisotopic (exact) mass is 399 g/mol. The minimum atomic E-state index is -0.442. The molecule has 1 saturated heterocycles. The van der Waals surface area contributed by atoms with Crippen LogP contribution in [0.15, 0.2) is 48.5 Å². The van der Waals surface area contributed by atoms with Crippen LogP contribution in [0.25, 0.3) is 0 Å². The van der Waals surface area contributed by atoms with Crippen LogP contribution < -0.4 is 15.0 Å². The second-order valence-electron chi connectivity index (χ2n) is 7.36. The van der Waals surface area contributed by atoms with Gasteiger partial charge in [-0.15, -0.1) is 0 Å². The van der Waals surface area contributed by atoms with Gasteiger partial charge in [-0.1, -0.05) is 24.3 Å². The number of ether oxygens (including phenoxy) is 1. The minimum absolute atomic E-state index is 0.107. The average Bonchev–Trinajstić information content (AvgIpc) is 3.09. The van der Waals surface area contributed by atoms with Gasteiger partial charge in [0.05, 0.1) is 24.8 Å². The summed E-state index contributed by atoms with van der Waals surface area (Å²) in [5, 5.41) is 2.93. The summed E-state index contributed by atoms with van der Waals surface area (Å²) >= 11 is 0. The van der Waals surface area contributed by atoms with E-state index < -0.39 is 5.92 Å². The number of amides is 2. The van der Waals surface area contributed by atoms with E-state index in [1.165, 1.54) is 12.1 Å². The zero-order valence-electron chi connectivity index (χ0n) is 16.9. The topological polar surface area (TPSA) is 61.9 Å². The van der Waals surface area contributed by atoms with Gasteiger partial charge in [0.15, 0.2) is 0 Å². The van der Waals surface area contributed by atoms with E-state index in [4.69, 9.17) is 4.74 Å². The summed E-state index contributed by atoms with van der Waals surface area (Å²) in [5.41, 5.74) is 1.45. The molecule has 1 aliphatic heterocycles. The van der Waals surface area contributed by atoms with Gasteiger partial charge in [0, 0.05) is 19.5 Å². The van der Waals surface area contributed by atoms with Crippen molar-refractivity contribution in [3.63, 3.8) is 0 Å². The summed E-state index contributed by atoms with van der Waals surface area (Å²) in [7, 11) is 5.31. The van der Waals surface area contributed by atoms with Crippen molar-refractivity contribution in [1.29, 1.82) is 0 Å². The summed E-state index contributed by atoms with van der Waals surface area (Å²) in [4.78, 5) is 28.8. The number of hydrogen-bond donors (Lipinski definition) is 1. The van der Waals surface area contributed by atoms with Crippen LogP contribution in [0.1, 0.15) is 18.0 Å². The second kappa shape index (κ2) is 9.05. The van der Waals surface area contributed by atoms with Crippen LogP contribution in [0.3, 0.4) is 0 Å². The van der Waals surface area contributed by atoms with Gasteiger partial charge in [0.25, 0.3) is 0 Å². The first-order chi connectivity index (χ1) is 13.9. The molecule has 1 fully saturated rings. The number of benzene rings is 2. The third kappa shape index (κ3) is 4.74. The molecule has 0 bridgehead atoms. The van der Waals surface area contributed by atoms with Gasteiger partial charge in [-0.05, 0) is 43.9 Å². The molecule has 3 rings (SSSR count). The summed E-state index contributed by atoms with van der Waals surface area (Å²) < 4.78 is 18.9. The lowest BCUT2D eigenvalue weighted by molar-refractivity contribution is -0.126. The molecule has 6 nitrogen and oxygen atoms in total. The van der Waals surface area contributed by atoms with Crippen LogP contribution >= 0.6 is 0 Å². The minimum Gasteiger partial charge on any atom is -0.495 e. The molecular formula is C22H26FN3O3. The molecule has 154 valence electrons. The fourth-order valence-electron chi connectivity index (χ4n) is 3.62. The molecule has 2 aromatic carbocycles. The van der Waals surface area contributed by atoms with Crippen molar-refractivity contribution < 1.29 is 18.7 Å². The highest BCUT2D eigenvalue weighted by molar-refractivity contribution is 6.01. The number of methoxy groups -OCH3 is 1. The Kier molecular flexibility index (Phi) is 6.49. The Morgan fingerprint density at radius 2 is 2.03 bits per heavy atom. The number of likely N-dealkylation sites (N-methyl/N-ethyl adjacent to an activating group) is 1. The second-order valence-corrected chi connectivity index (χ2v) is 7.36. The van der Waals surface area contributed by atoms with Crippen LogP contribution in [0.2, 0.25) is 0 Å². The van der Waals surface area contributed by atoms with Crippen LogP contribution in [-0.4, -0.2) is 51.0 Å². The summed E-state index contributed by atoms with van der Waals surface area (Å²) in [6.07, 6.45) is 0.149. The van der Waals surface area contributed by atoms with Gasteiger partial charge < -0.3 is 19.9 Å². The first-order valence-corrected chi connectivity index (χ1v) is 9.53. The van der Waals surface area contributed by atoms with Gasteiger partial charge in [-0.25, -0.2) is 4.39 Å². The molecule has 29 heavy (non-hydrogen) atoms. The van der Waals surface area contributed by atoms with Crippen molar-refractivity contribution in [1.82, 2.24) is 10.2 Å². The van der Waals surface area contributed by atoms with E-state index >= 15 is 0 Å². The smallest absolute Gasteiger partial charge is 0.227 e. The SMILES string of the molecule is COc1ccccc1N1C[C@H](C(=O)NC[C@H](c2cccc(F)c2)N(C)C)CC1=O. The Hall–Kier alpha value is -2.93. The number of para-hydroxylation sites is 2. The molecule has 7 heteroatoms. The zero-order valence-corrected chi connectivity index (χ0v) is 16.9.